The van der Waals surface area contributed by atoms with Crippen molar-refractivity contribution in [2.75, 3.05) is 6.61 Å². The molecule has 0 saturated carbocycles. The molecule has 0 atom stereocenters. The molecule has 1 rings (SSSR count). The lowest BCUT2D eigenvalue weighted by Gasteiger charge is -2.05. The third-order valence-electron chi connectivity index (χ3n) is 1.70. The topological polar surface area (TPSA) is 50.1 Å². The summed E-state index contributed by atoms with van der Waals surface area (Å²) in [5.74, 6) is -0.472. The number of esters is 1. The van der Waals surface area contributed by atoms with Gasteiger partial charge in [-0.25, -0.2) is 4.79 Å². The van der Waals surface area contributed by atoms with Crippen molar-refractivity contribution in [2.45, 2.75) is 11.8 Å². The largest absolute Gasteiger partial charge is 0.462 e. The minimum absolute atomic E-state index is 0.291. The number of hydrogen-bond acceptors (Lipinski definition) is 4. The van der Waals surface area contributed by atoms with Crippen molar-refractivity contribution < 1.29 is 9.53 Å². The Labute approximate surface area is 107 Å². The summed E-state index contributed by atoms with van der Waals surface area (Å²) in [5, 5.41) is 8.86. The van der Waals surface area contributed by atoms with E-state index in [-0.39, 0.29) is 0 Å². The highest BCUT2D eigenvalue weighted by Crippen LogP contribution is 2.22. The Morgan fingerprint density at radius 1 is 1.67 bits per heavy atom. The van der Waals surface area contributed by atoms with Gasteiger partial charge >= 0.3 is 5.97 Å². The molecule has 0 spiro atoms. The molecule has 0 N–H and O–H groups in total. The molecule has 0 aliphatic rings. The summed E-state index contributed by atoms with van der Waals surface area (Å²) < 4.78 is 5.66. The van der Waals surface area contributed by atoms with Crippen LogP contribution >= 0.6 is 35.2 Å². The van der Waals surface area contributed by atoms with E-state index in [9.17, 15) is 4.79 Å². The molecular formula is C10H8INO2S. The quantitative estimate of drug-likeness (QED) is 0.514. The van der Waals surface area contributed by atoms with Crippen LogP contribution in [0.5, 0.6) is 0 Å². The summed E-state index contributed by atoms with van der Waals surface area (Å²) in [6, 6.07) is 5.13. The lowest BCUT2D eigenvalue weighted by atomic mass is 10.1. The van der Waals surface area contributed by atoms with Gasteiger partial charge in [-0.15, -0.1) is 12.6 Å². The van der Waals surface area contributed by atoms with Crippen molar-refractivity contribution in [1.82, 2.24) is 0 Å². The Morgan fingerprint density at radius 3 is 2.87 bits per heavy atom. The number of ether oxygens (including phenoxy) is 1. The van der Waals surface area contributed by atoms with Crippen LogP contribution in [0, 0.1) is 14.9 Å². The van der Waals surface area contributed by atoms with Gasteiger partial charge in [-0.2, -0.15) is 5.26 Å². The number of hydrogen-bond donors (Lipinski definition) is 1. The van der Waals surface area contributed by atoms with Crippen LogP contribution in [0.3, 0.4) is 0 Å². The number of halogens is 1. The first-order chi connectivity index (χ1) is 7.10. The molecule has 5 heteroatoms. The van der Waals surface area contributed by atoms with Gasteiger partial charge in [0.25, 0.3) is 0 Å². The lowest BCUT2D eigenvalue weighted by Crippen LogP contribution is -2.07. The molecule has 3 nitrogen and oxygen atoms in total. The van der Waals surface area contributed by atoms with E-state index >= 15 is 0 Å². The van der Waals surface area contributed by atoms with E-state index in [2.05, 4.69) is 35.2 Å². The number of carbonyl (C=O) groups excluding carboxylic acids is 1. The van der Waals surface area contributed by atoms with Crippen LogP contribution in [-0.4, -0.2) is 12.6 Å². The van der Waals surface area contributed by atoms with Gasteiger partial charge in [0, 0.05) is 8.47 Å². The maximum Gasteiger partial charge on any atom is 0.339 e. The van der Waals surface area contributed by atoms with Crippen LogP contribution in [0.15, 0.2) is 17.0 Å². The van der Waals surface area contributed by atoms with Crippen molar-refractivity contribution >= 4 is 41.2 Å². The molecule has 1 aromatic carbocycles. The maximum absolute atomic E-state index is 11.5. The Balaban J connectivity index is 3.23. The van der Waals surface area contributed by atoms with E-state index < -0.39 is 5.97 Å². The van der Waals surface area contributed by atoms with Gasteiger partial charge in [0.05, 0.1) is 17.7 Å². The molecule has 15 heavy (non-hydrogen) atoms. The van der Waals surface area contributed by atoms with E-state index in [0.29, 0.717) is 22.6 Å². The first-order valence-corrected chi connectivity index (χ1v) is 5.72. The molecule has 0 amide bonds. The first-order valence-electron chi connectivity index (χ1n) is 4.19. The second-order valence-electron chi connectivity index (χ2n) is 2.68. The number of nitrogens with zero attached hydrogens (tertiary/aromatic N) is 1. The molecule has 0 radical (unpaired) electrons. The van der Waals surface area contributed by atoms with Crippen LogP contribution in [0.1, 0.15) is 22.8 Å². The third kappa shape index (κ3) is 2.86. The Hall–Kier alpha value is -0.740. The molecule has 0 fully saturated rings. The zero-order valence-electron chi connectivity index (χ0n) is 7.95. The fraction of sp³-hybridized carbons (Fsp3) is 0.200. The third-order valence-corrected chi connectivity index (χ3v) is 3.39. The molecule has 0 aliphatic heterocycles. The Morgan fingerprint density at radius 2 is 2.33 bits per heavy atom. The molecule has 0 aliphatic carbocycles. The van der Waals surface area contributed by atoms with Crippen LogP contribution in [0.2, 0.25) is 0 Å². The summed E-state index contributed by atoms with van der Waals surface area (Å²) in [7, 11) is 0. The van der Waals surface area contributed by atoms with Crippen LogP contribution in [0.4, 0.5) is 0 Å². The Bertz CT molecular complexity index is 440. The second-order valence-corrected chi connectivity index (χ2v) is 4.33. The molecule has 0 heterocycles. The highest BCUT2D eigenvalue weighted by molar-refractivity contribution is 14.1. The molecule has 0 unspecified atom stereocenters. The predicted octanol–water partition coefficient (Wildman–Crippen LogP) is 2.63. The van der Waals surface area contributed by atoms with E-state index in [0.717, 1.165) is 3.57 Å². The summed E-state index contributed by atoms with van der Waals surface area (Å²) in [4.78, 5) is 12.2. The number of carbonyl (C=O) groups is 1. The highest BCUT2D eigenvalue weighted by atomic mass is 127. The minimum Gasteiger partial charge on any atom is -0.462 e. The first kappa shape index (κ1) is 12.3. The van der Waals surface area contributed by atoms with Gasteiger partial charge in [-0.1, -0.05) is 0 Å². The summed E-state index contributed by atoms with van der Waals surface area (Å²) in [6.45, 7) is 2.02. The number of thiol groups is 1. The number of rotatable bonds is 2. The van der Waals surface area contributed by atoms with Crippen molar-refractivity contribution in [3.63, 3.8) is 0 Å². The maximum atomic E-state index is 11.5. The van der Waals surface area contributed by atoms with Gasteiger partial charge in [-0.05, 0) is 41.6 Å². The summed E-state index contributed by atoms with van der Waals surface area (Å²) in [5.41, 5.74) is 0.584. The summed E-state index contributed by atoms with van der Waals surface area (Å²) in [6.07, 6.45) is 0. The van der Waals surface area contributed by atoms with Crippen molar-refractivity contribution in [3.05, 3.63) is 26.8 Å². The SMILES string of the molecule is CCOC(=O)c1cc(I)c(S)cc1C#N. The monoisotopic (exact) mass is 333 g/mol. The lowest BCUT2D eigenvalue weighted by molar-refractivity contribution is 0.0526. The van der Waals surface area contributed by atoms with Crippen LogP contribution in [-0.2, 0) is 4.74 Å². The van der Waals surface area contributed by atoms with Crippen LogP contribution < -0.4 is 0 Å². The molecular weight excluding hydrogens is 325 g/mol. The molecule has 1 aromatic rings. The zero-order chi connectivity index (χ0) is 11.4. The average Bonchev–Trinajstić information content (AvgIpc) is 2.21. The minimum atomic E-state index is -0.472. The summed E-state index contributed by atoms with van der Waals surface area (Å²) >= 11 is 6.23. The normalized spacial score (nSPS) is 9.47. The van der Waals surface area contributed by atoms with E-state index in [1.54, 1.807) is 19.1 Å². The van der Waals surface area contributed by atoms with Crippen molar-refractivity contribution in [3.8, 4) is 6.07 Å². The molecule has 0 bridgehead atoms. The highest BCUT2D eigenvalue weighted by Gasteiger charge is 2.14. The molecule has 78 valence electrons. The smallest absolute Gasteiger partial charge is 0.339 e. The Kier molecular flexibility index (Phi) is 4.42. The molecule has 0 saturated heterocycles. The van der Waals surface area contributed by atoms with E-state index in [1.807, 2.05) is 6.07 Å². The van der Waals surface area contributed by atoms with Gasteiger partial charge in [-0.3, -0.25) is 0 Å². The second kappa shape index (κ2) is 5.37. The van der Waals surface area contributed by atoms with Crippen molar-refractivity contribution in [1.29, 1.82) is 5.26 Å². The average molecular weight is 333 g/mol. The van der Waals surface area contributed by atoms with E-state index in [1.165, 1.54) is 0 Å². The van der Waals surface area contributed by atoms with Gasteiger partial charge in [0.1, 0.15) is 6.07 Å². The number of benzene rings is 1. The van der Waals surface area contributed by atoms with Crippen LogP contribution in [0.25, 0.3) is 0 Å². The zero-order valence-corrected chi connectivity index (χ0v) is 11.0. The van der Waals surface area contributed by atoms with E-state index in [4.69, 9.17) is 10.00 Å². The predicted molar refractivity (Wildman–Crippen MR) is 67.1 cm³/mol. The van der Waals surface area contributed by atoms with Gasteiger partial charge in [0.2, 0.25) is 0 Å². The van der Waals surface area contributed by atoms with Crippen molar-refractivity contribution in [2.24, 2.45) is 0 Å². The fourth-order valence-electron chi connectivity index (χ4n) is 1.03. The standard InChI is InChI=1S/C10H8INO2S/c1-2-14-10(13)7-4-8(11)9(15)3-6(7)5-12/h3-4,15H,2H2,1H3. The van der Waals surface area contributed by atoms with Gasteiger partial charge in [0.15, 0.2) is 0 Å². The van der Waals surface area contributed by atoms with Gasteiger partial charge < -0.3 is 4.74 Å². The number of nitriles is 1. The molecule has 0 aromatic heterocycles. The fourth-order valence-corrected chi connectivity index (χ4v) is 1.69.